The lowest BCUT2D eigenvalue weighted by atomic mass is 10.1. The average Bonchev–Trinajstić information content (AvgIpc) is 3.04. The highest BCUT2D eigenvalue weighted by atomic mass is 16.5. The zero-order valence-corrected chi connectivity index (χ0v) is 18.7. The maximum absolute atomic E-state index is 12.2. The summed E-state index contributed by atoms with van der Waals surface area (Å²) in [5.74, 6) is -1.08. The van der Waals surface area contributed by atoms with Crippen molar-refractivity contribution in [1.29, 1.82) is 10.5 Å². The van der Waals surface area contributed by atoms with Crippen LogP contribution in [0.2, 0.25) is 0 Å². The SMILES string of the molecule is Cc1ccc(Cn2nc(C)c(/C=C/C(=O)OCC(=O)N(CCC#N)CCC#N)c2C)cc1. The number of aryl methyl sites for hydroxylation is 2. The number of ether oxygens (including phenoxy) is 1. The van der Waals surface area contributed by atoms with Crippen molar-refractivity contribution in [2.45, 2.75) is 40.2 Å². The number of nitrogens with zero attached hydrogens (tertiary/aromatic N) is 5. The summed E-state index contributed by atoms with van der Waals surface area (Å²) in [7, 11) is 0. The molecule has 1 amide bonds. The van der Waals surface area contributed by atoms with Crippen molar-refractivity contribution >= 4 is 18.0 Å². The summed E-state index contributed by atoms with van der Waals surface area (Å²) >= 11 is 0. The molecule has 0 unspecified atom stereocenters. The number of amides is 1. The Morgan fingerprint density at radius 2 is 1.72 bits per heavy atom. The third-order valence-corrected chi connectivity index (χ3v) is 4.95. The molecular formula is C24H27N5O3. The van der Waals surface area contributed by atoms with Crippen molar-refractivity contribution in [3.8, 4) is 12.1 Å². The quantitative estimate of drug-likeness (QED) is 0.420. The number of benzene rings is 1. The molecule has 0 atom stereocenters. The van der Waals surface area contributed by atoms with E-state index in [0.29, 0.717) is 6.54 Å². The van der Waals surface area contributed by atoms with Crippen molar-refractivity contribution in [3.63, 3.8) is 0 Å². The van der Waals surface area contributed by atoms with Gasteiger partial charge in [-0.05, 0) is 32.4 Å². The van der Waals surface area contributed by atoms with Crippen LogP contribution in [0.5, 0.6) is 0 Å². The molecule has 0 bridgehead atoms. The first-order valence-electron chi connectivity index (χ1n) is 10.3. The molecule has 0 aliphatic rings. The summed E-state index contributed by atoms with van der Waals surface area (Å²) in [6, 6.07) is 12.2. The van der Waals surface area contributed by atoms with Crippen molar-refractivity contribution in [1.82, 2.24) is 14.7 Å². The Labute approximate surface area is 188 Å². The molecule has 166 valence electrons. The molecule has 1 aromatic carbocycles. The van der Waals surface area contributed by atoms with Crippen molar-refractivity contribution in [2.24, 2.45) is 0 Å². The Morgan fingerprint density at radius 1 is 1.09 bits per heavy atom. The second-order valence-electron chi connectivity index (χ2n) is 7.37. The van der Waals surface area contributed by atoms with E-state index in [4.69, 9.17) is 15.3 Å². The van der Waals surface area contributed by atoms with Gasteiger partial charge in [0.25, 0.3) is 5.91 Å². The van der Waals surface area contributed by atoms with Crippen LogP contribution < -0.4 is 0 Å². The molecule has 2 aromatic rings. The molecule has 0 aliphatic heterocycles. The number of aromatic nitrogens is 2. The van der Waals surface area contributed by atoms with E-state index in [2.05, 4.69) is 29.4 Å². The molecule has 2 rings (SSSR count). The average molecular weight is 434 g/mol. The minimum absolute atomic E-state index is 0.149. The summed E-state index contributed by atoms with van der Waals surface area (Å²) in [6.45, 7) is 6.43. The Kier molecular flexibility index (Phi) is 9.19. The maximum atomic E-state index is 12.2. The highest BCUT2D eigenvalue weighted by Crippen LogP contribution is 2.17. The van der Waals surface area contributed by atoms with Crippen molar-refractivity contribution in [3.05, 3.63) is 58.4 Å². The number of esters is 1. The van der Waals surface area contributed by atoms with Gasteiger partial charge in [0.2, 0.25) is 0 Å². The predicted octanol–water partition coefficient (Wildman–Crippen LogP) is 3.07. The van der Waals surface area contributed by atoms with Crippen LogP contribution in [0.25, 0.3) is 6.08 Å². The van der Waals surface area contributed by atoms with E-state index < -0.39 is 18.5 Å². The first-order valence-corrected chi connectivity index (χ1v) is 10.3. The summed E-state index contributed by atoms with van der Waals surface area (Å²) in [4.78, 5) is 25.7. The Balaban J connectivity index is 1.97. The first-order chi connectivity index (χ1) is 15.3. The molecule has 0 saturated heterocycles. The highest BCUT2D eigenvalue weighted by Gasteiger charge is 2.15. The van der Waals surface area contributed by atoms with Crippen LogP contribution in [0.3, 0.4) is 0 Å². The van der Waals surface area contributed by atoms with Gasteiger partial charge in [0.05, 0.1) is 37.2 Å². The normalized spacial score (nSPS) is 10.5. The Bertz CT molecular complexity index is 1040. The van der Waals surface area contributed by atoms with Gasteiger partial charge in [-0.15, -0.1) is 0 Å². The maximum Gasteiger partial charge on any atom is 0.331 e. The van der Waals surface area contributed by atoms with E-state index in [9.17, 15) is 9.59 Å². The van der Waals surface area contributed by atoms with Gasteiger partial charge in [-0.3, -0.25) is 9.48 Å². The lowest BCUT2D eigenvalue weighted by molar-refractivity contribution is -0.148. The fraction of sp³-hybridized carbons (Fsp3) is 0.375. The summed E-state index contributed by atoms with van der Waals surface area (Å²) in [5.41, 5.74) is 4.86. The lowest BCUT2D eigenvalue weighted by Gasteiger charge is -2.19. The van der Waals surface area contributed by atoms with E-state index in [1.54, 1.807) is 6.08 Å². The van der Waals surface area contributed by atoms with Gasteiger partial charge >= 0.3 is 5.97 Å². The molecule has 1 aromatic heterocycles. The van der Waals surface area contributed by atoms with Crippen LogP contribution in [0, 0.1) is 43.4 Å². The Morgan fingerprint density at radius 3 is 2.31 bits per heavy atom. The number of hydrogen-bond donors (Lipinski definition) is 0. The molecule has 0 spiro atoms. The minimum Gasteiger partial charge on any atom is -0.452 e. The molecule has 0 fully saturated rings. The topological polar surface area (TPSA) is 112 Å². The van der Waals surface area contributed by atoms with Crippen LogP contribution in [0.1, 0.15) is 40.9 Å². The zero-order chi connectivity index (χ0) is 23.5. The van der Waals surface area contributed by atoms with Crippen LogP contribution in [-0.2, 0) is 20.9 Å². The number of hydrogen-bond acceptors (Lipinski definition) is 6. The Hall–Kier alpha value is -3.91. The van der Waals surface area contributed by atoms with Gasteiger partial charge in [-0.1, -0.05) is 29.8 Å². The van der Waals surface area contributed by atoms with E-state index in [1.165, 1.54) is 16.5 Å². The standard InChI is InChI=1S/C24H27N5O3/c1-18-6-8-21(9-7-18)16-29-20(3)22(19(2)27-29)10-11-24(31)32-17-23(30)28(14-4-12-25)15-5-13-26/h6-11H,4-5,14-17H2,1-3H3/b11-10+. The smallest absolute Gasteiger partial charge is 0.331 e. The molecule has 0 aliphatic carbocycles. The van der Waals surface area contributed by atoms with Crippen LogP contribution >= 0.6 is 0 Å². The summed E-state index contributed by atoms with van der Waals surface area (Å²) in [5, 5.41) is 22.0. The second kappa shape index (κ2) is 12.1. The molecule has 0 N–H and O–H groups in total. The minimum atomic E-state index is -0.649. The van der Waals surface area contributed by atoms with Crippen molar-refractivity contribution < 1.29 is 14.3 Å². The number of nitriles is 2. The van der Waals surface area contributed by atoms with Gasteiger partial charge in [0.15, 0.2) is 6.61 Å². The van der Waals surface area contributed by atoms with Gasteiger partial charge in [0.1, 0.15) is 0 Å². The molecule has 1 heterocycles. The van der Waals surface area contributed by atoms with E-state index in [1.807, 2.05) is 37.6 Å². The van der Waals surface area contributed by atoms with Crippen LogP contribution in [0.4, 0.5) is 0 Å². The summed E-state index contributed by atoms with van der Waals surface area (Å²) < 4.78 is 6.94. The molecule has 32 heavy (non-hydrogen) atoms. The largest absolute Gasteiger partial charge is 0.452 e. The molecule has 0 saturated carbocycles. The summed E-state index contributed by atoms with van der Waals surface area (Å²) in [6.07, 6.45) is 3.21. The molecule has 8 heteroatoms. The number of carbonyl (C=O) groups is 2. The zero-order valence-electron chi connectivity index (χ0n) is 18.7. The molecule has 8 nitrogen and oxygen atoms in total. The van der Waals surface area contributed by atoms with Crippen LogP contribution in [0.15, 0.2) is 30.3 Å². The first kappa shape index (κ1) is 24.4. The number of carbonyl (C=O) groups excluding carboxylic acids is 2. The van der Waals surface area contributed by atoms with Crippen LogP contribution in [-0.4, -0.2) is 46.3 Å². The molecule has 0 radical (unpaired) electrons. The highest BCUT2D eigenvalue weighted by molar-refractivity contribution is 5.89. The van der Waals surface area contributed by atoms with E-state index in [0.717, 1.165) is 22.5 Å². The van der Waals surface area contributed by atoms with E-state index in [-0.39, 0.29) is 25.9 Å². The molecular weight excluding hydrogens is 406 g/mol. The lowest BCUT2D eigenvalue weighted by Crippen LogP contribution is -2.36. The van der Waals surface area contributed by atoms with Crippen molar-refractivity contribution in [2.75, 3.05) is 19.7 Å². The monoisotopic (exact) mass is 433 g/mol. The van der Waals surface area contributed by atoms with Gasteiger partial charge in [0, 0.05) is 30.4 Å². The van der Waals surface area contributed by atoms with Gasteiger partial charge < -0.3 is 9.64 Å². The third-order valence-electron chi connectivity index (χ3n) is 4.95. The third kappa shape index (κ3) is 7.10. The van der Waals surface area contributed by atoms with E-state index >= 15 is 0 Å². The van der Waals surface area contributed by atoms with Gasteiger partial charge in [-0.2, -0.15) is 15.6 Å². The second-order valence-corrected chi connectivity index (χ2v) is 7.37. The fourth-order valence-corrected chi connectivity index (χ4v) is 3.13. The number of rotatable bonds is 10. The fourth-order valence-electron chi connectivity index (χ4n) is 3.13. The predicted molar refractivity (Wildman–Crippen MR) is 119 cm³/mol. The van der Waals surface area contributed by atoms with Gasteiger partial charge in [-0.25, -0.2) is 4.79 Å².